The minimum absolute atomic E-state index is 0.178. The Morgan fingerprint density at radius 3 is 3.17 bits per heavy atom. The van der Waals surface area contributed by atoms with Crippen LogP contribution in [0.15, 0.2) is 12.3 Å². The van der Waals surface area contributed by atoms with Crippen LogP contribution in [0.2, 0.25) is 0 Å². The predicted molar refractivity (Wildman–Crippen MR) is 41.7 cm³/mol. The number of carboxylic acid groups (broad SMARTS) is 1. The van der Waals surface area contributed by atoms with Crippen LogP contribution in [-0.4, -0.2) is 16.1 Å². The average Bonchev–Trinajstić information content (AvgIpc) is 2.49. The third-order valence-electron chi connectivity index (χ3n) is 1.97. The molecule has 2 N–H and O–H groups in total. The van der Waals surface area contributed by atoms with Crippen molar-refractivity contribution in [2.24, 2.45) is 0 Å². The zero-order valence-corrected chi connectivity index (χ0v) is 6.37. The predicted octanol–water partition coefficient (Wildman–Crippen LogP) is 0.383. The number of aromatic nitrogens is 1. The largest absolute Gasteiger partial charge is 0.477 e. The summed E-state index contributed by atoms with van der Waals surface area (Å²) in [6.45, 7) is 1.36. The van der Waals surface area contributed by atoms with Gasteiger partial charge in [-0.15, -0.1) is 0 Å². The average molecular weight is 164 g/mol. The summed E-state index contributed by atoms with van der Waals surface area (Å²) in [5.41, 5.74) is 2.05. The number of rotatable bonds is 1. The van der Waals surface area contributed by atoms with Gasteiger partial charge in [0, 0.05) is 24.8 Å². The first-order valence-corrected chi connectivity index (χ1v) is 3.70. The molecular formula is C8H8N2O2. The van der Waals surface area contributed by atoms with Crippen LogP contribution in [0.3, 0.4) is 0 Å². The van der Waals surface area contributed by atoms with Crippen LogP contribution in [-0.2, 0) is 13.1 Å². The molecule has 1 aromatic rings. The van der Waals surface area contributed by atoms with Gasteiger partial charge in [0.05, 0.1) is 0 Å². The molecule has 0 saturated carbocycles. The number of fused-ring (bicyclic) bond motifs is 1. The van der Waals surface area contributed by atoms with Crippen molar-refractivity contribution in [1.29, 1.82) is 0 Å². The van der Waals surface area contributed by atoms with Gasteiger partial charge in [0.2, 0.25) is 0 Å². The van der Waals surface area contributed by atoms with E-state index in [-0.39, 0.29) is 5.69 Å². The highest BCUT2D eigenvalue weighted by molar-refractivity contribution is 5.87. The normalized spacial score (nSPS) is 14.3. The molecule has 0 radical (unpaired) electrons. The van der Waals surface area contributed by atoms with E-state index in [1.54, 1.807) is 0 Å². The Morgan fingerprint density at radius 1 is 1.58 bits per heavy atom. The second-order valence-electron chi connectivity index (χ2n) is 2.71. The number of carboxylic acids is 1. The number of pyridine rings is 1. The molecule has 4 heteroatoms. The summed E-state index contributed by atoms with van der Waals surface area (Å²) in [6, 6.07) is 1.85. The second-order valence-corrected chi connectivity index (χ2v) is 2.71. The smallest absolute Gasteiger partial charge is 0.354 e. The lowest BCUT2D eigenvalue weighted by atomic mass is 10.1. The standard InChI is InChI=1S/C8H8N2O2/c11-8(12)7-6-4-9-3-5(6)1-2-10-7/h1-2,9H,3-4H2,(H,11,12). The first-order chi connectivity index (χ1) is 5.79. The van der Waals surface area contributed by atoms with Gasteiger partial charge in [-0.1, -0.05) is 0 Å². The zero-order valence-electron chi connectivity index (χ0n) is 6.37. The zero-order chi connectivity index (χ0) is 8.55. The summed E-state index contributed by atoms with van der Waals surface area (Å²) in [5, 5.41) is 11.8. The molecule has 1 aromatic heterocycles. The third-order valence-corrected chi connectivity index (χ3v) is 1.97. The fraction of sp³-hybridized carbons (Fsp3) is 0.250. The maximum Gasteiger partial charge on any atom is 0.354 e. The molecule has 0 bridgehead atoms. The van der Waals surface area contributed by atoms with Gasteiger partial charge >= 0.3 is 5.97 Å². The van der Waals surface area contributed by atoms with E-state index in [0.717, 1.165) is 17.7 Å². The van der Waals surface area contributed by atoms with Gasteiger partial charge in [-0.25, -0.2) is 9.78 Å². The van der Waals surface area contributed by atoms with Crippen LogP contribution < -0.4 is 5.32 Å². The molecule has 0 spiro atoms. The molecule has 0 aliphatic carbocycles. The van der Waals surface area contributed by atoms with Crippen molar-refractivity contribution in [3.63, 3.8) is 0 Å². The molecule has 12 heavy (non-hydrogen) atoms. The van der Waals surface area contributed by atoms with Gasteiger partial charge in [-0.2, -0.15) is 0 Å². The fourth-order valence-corrected chi connectivity index (χ4v) is 1.40. The molecule has 0 unspecified atom stereocenters. The first-order valence-electron chi connectivity index (χ1n) is 3.70. The molecule has 0 fully saturated rings. The minimum Gasteiger partial charge on any atom is -0.477 e. The van der Waals surface area contributed by atoms with Gasteiger partial charge in [0.15, 0.2) is 5.69 Å². The second kappa shape index (κ2) is 2.57. The highest BCUT2D eigenvalue weighted by Crippen LogP contribution is 2.17. The van der Waals surface area contributed by atoms with Crippen LogP contribution in [0.1, 0.15) is 21.6 Å². The SMILES string of the molecule is O=C(O)c1nccc2c1CNC2. The summed E-state index contributed by atoms with van der Waals surface area (Å²) in [5.74, 6) is -0.949. The highest BCUT2D eigenvalue weighted by atomic mass is 16.4. The molecule has 0 aromatic carbocycles. The summed E-state index contributed by atoms with van der Waals surface area (Å²) in [7, 11) is 0. The van der Waals surface area contributed by atoms with Crippen molar-refractivity contribution in [1.82, 2.24) is 10.3 Å². The van der Waals surface area contributed by atoms with Crippen molar-refractivity contribution in [2.45, 2.75) is 13.1 Å². The Bertz CT molecular complexity index is 336. The summed E-state index contributed by atoms with van der Waals surface area (Å²) < 4.78 is 0. The highest BCUT2D eigenvalue weighted by Gasteiger charge is 2.18. The molecule has 1 aliphatic heterocycles. The quantitative estimate of drug-likeness (QED) is 0.630. The minimum atomic E-state index is -0.949. The van der Waals surface area contributed by atoms with E-state index in [9.17, 15) is 4.79 Å². The van der Waals surface area contributed by atoms with Crippen LogP contribution in [0.5, 0.6) is 0 Å². The topological polar surface area (TPSA) is 62.2 Å². The molecule has 2 rings (SSSR count). The Balaban J connectivity index is 2.56. The van der Waals surface area contributed by atoms with E-state index in [2.05, 4.69) is 10.3 Å². The molecule has 4 nitrogen and oxygen atoms in total. The Kier molecular flexibility index (Phi) is 1.55. The number of hydrogen-bond donors (Lipinski definition) is 2. The van der Waals surface area contributed by atoms with Crippen molar-refractivity contribution in [2.75, 3.05) is 0 Å². The maximum atomic E-state index is 10.7. The van der Waals surface area contributed by atoms with Gasteiger partial charge in [-0.05, 0) is 11.6 Å². The van der Waals surface area contributed by atoms with Crippen molar-refractivity contribution < 1.29 is 9.90 Å². The van der Waals surface area contributed by atoms with Gasteiger partial charge < -0.3 is 10.4 Å². The van der Waals surface area contributed by atoms with E-state index in [1.165, 1.54) is 6.20 Å². The van der Waals surface area contributed by atoms with Crippen LogP contribution in [0.25, 0.3) is 0 Å². The van der Waals surface area contributed by atoms with E-state index < -0.39 is 5.97 Å². The lowest BCUT2D eigenvalue weighted by molar-refractivity contribution is 0.0689. The molecule has 1 aliphatic rings. The number of nitrogens with zero attached hydrogens (tertiary/aromatic N) is 1. The Hall–Kier alpha value is -1.42. The molecular weight excluding hydrogens is 156 g/mol. The lowest BCUT2D eigenvalue weighted by Crippen LogP contribution is -2.06. The fourth-order valence-electron chi connectivity index (χ4n) is 1.40. The molecule has 62 valence electrons. The van der Waals surface area contributed by atoms with Gasteiger partial charge in [-0.3, -0.25) is 0 Å². The van der Waals surface area contributed by atoms with Gasteiger partial charge in [0.1, 0.15) is 0 Å². The molecule has 2 heterocycles. The van der Waals surface area contributed by atoms with Crippen LogP contribution >= 0.6 is 0 Å². The Labute approximate surface area is 69.2 Å². The number of nitrogens with one attached hydrogen (secondary N) is 1. The van der Waals surface area contributed by atoms with E-state index >= 15 is 0 Å². The lowest BCUT2D eigenvalue weighted by Gasteiger charge is -1.99. The summed E-state index contributed by atoms with van der Waals surface area (Å²) in [6.07, 6.45) is 1.54. The van der Waals surface area contributed by atoms with Crippen LogP contribution in [0.4, 0.5) is 0 Å². The maximum absolute atomic E-state index is 10.7. The van der Waals surface area contributed by atoms with Gasteiger partial charge in [0.25, 0.3) is 0 Å². The molecule has 0 amide bonds. The number of aromatic carboxylic acids is 1. The number of hydrogen-bond acceptors (Lipinski definition) is 3. The summed E-state index contributed by atoms with van der Waals surface area (Å²) in [4.78, 5) is 14.5. The first kappa shape index (κ1) is 7.24. The van der Waals surface area contributed by atoms with E-state index in [0.29, 0.717) is 6.54 Å². The third kappa shape index (κ3) is 0.967. The van der Waals surface area contributed by atoms with Crippen molar-refractivity contribution >= 4 is 5.97 Å². The molecule has 0 saturated heterocycles. The summed E-state index contributed by atoms with van der Waals surface area (Å²) >= 11 is 0. The van der Waals surface area contributed by atoms with E-state index in [1.807, 2.05) is 6.07 Å². The Morgan fingerprint density at radius 2 is 2.42 bits per heavy atom. The van der Waals surface area contributed by atoms with Crippen molar-refractivity contribution in [3.05, 3.63) is 29.1 Å². The van der Waals surface area contributed by atoms with Crippen molar-refractivity contribution in [3.8, 4) is 0 Å². The number of carbonyl (C=O) groups is 1. The van der Waals surface area contributed by atoms with E-state index in [4.69, 9.17) is 5.11 Å². The molecule has 0 atom stereocenters. The monoisotopic (exact) mass is 164 g/mol. The van der Waals surface area contributed by atoms with Crippen LogP contribution in [0, 0.1) is 0 Å².